The van der Waals surface area contributed by atoms with Crippen molar-refractivity contribution in [3.05, 3.63) is 96.5 Å². The summed E-state index contributed by atoms with van der Waals surface area (Å²) in [7, 11) is 0. The van der Waals surface area contributed by atoms with Crippen LogP contribution < -0.4 is 14.9 Å². The van der Waals surface area contributed by atoms with Crippen LogP contribution >= 0.6 is 63.1 Å². The number of thioether (sulfide) groups is 1. The third-order valence-electron chi connectivity index (χ3n) is 5.17. The van der Waals surface area contributed by atoms with Crippen LogP contribution in [0.25, 0.3) is 6.08 Å². The number of nitrogens with zero attached hydrogens (tertiary/aromatic N) is 1. The topological polar surface area (TPSA) is 67.9 Å². The molecule has 1 saturated heterocycles. The first-order valence-corrected chi connectivity index (χ1v) is 13.8. The second-order valence-electron chi connectivity index (χ2n) is 7.72. The van der Waals surface area contributed by atoms with E-state index in [1.54, 1.807) is 48.5 Å². The number of hydrogen-bond donors (Lipinski definition) is 1. The van der Waals surface area contributed by atoms with E-state index in [1.165, 1.54) is 12.1 Å². The molecule has 0 unspecified atom stereocenters. The highest BCUT2D eigenvalue weighted by atomic mass is 79.9. The number of carbonyl (C=O) groups is 2. The first-order valence-electron chi connectivity index (χ1n) is 11.0. The van der Waals surface area contributed by atoms with Gasteiger partial charge in [0.25, 0.3) is 11.8 Å². The summed E-state index contributed by atoms with van der Waals surface area (Å²) in [6.07, 6.45) is 1.62. The maximum atomic E-state index is 14.2. The van der Waals surface area contributed by atoms with Crippen LogP contribution in [0.1, 0.15) is 28.4 Å². The molecule has 38 heavy (non-hydrogen) atoms. The van der Waals surface area contributed by atoms with E-state index >= 15 is 0 Å². The molecule has 1 heterocycles. The van der Waals surface area contributed by atoms with Crippen molar-refractivity contribution in [3.63, 3.8) is 0 Å². The summed E-state index contributed by atoms with van der Waals surface area (Å²) in [6, 6.07) is 14.1. The van der Waals surface area contributed by atoms with Crippen LogP contribution in [0, 0.1) is 5.82 Å². The van der Waals surface area contributed by atoms with Crippen molar-refractivity contribution in [2.45, 2.75) is 13.5 Å². The maximum absolute atomic E-state index is 14.2. The zero-order valence-electron chi connectivity index (χ0n) is 19.6. The van der Waals surface area contributed by atoms with E-state index in [9.17, 15) is 14.0 Å². The van der Waals surface area contributed by atoms with Crippen LogP contribution in [0.5, 0.6) is 11.5 Å². The maximum Gasteiger partial charge on any atom is 0.285 e. The molecule has 1 aliphatic heterocycles. The van der Waals surface area contributed by atoms with Gasteiger partial charge in [0, 0.05) is 16.1 Å². The summed E-state index contributed by atoms with van der Waals surface area (Å²) < 4.78 is 26.5. The number of rotatable bonds is 8. The normalized spacial score (nSPS) is 14.2. The minimum atomic E-state index is -0.503. The van der Waals surface area contributed by atoms with Crippen LogP contribution in [0.15, 0.2) is 64.0 Å². The number of amides is 2. The summed E-state index contributed by atoms with van der Waals surface area (Å²) in [5.74, 6) is -0.727. The Bertz CT molecular complexity index is 1430. The lowest BCUT2D eigenvalue weighted by Gasteiger charge is -2.16. The molecule has 0 aromatic heterocycles. The van der Waals surface area contributed by atoms with E-state index < -0.39 is 17.6 Å². The van der Waals surface area contributed by atoms with Crippen molar-refractivity contribution in [1.82, 2.24) is 10.4 Å². The van der Waals surface area contributed by atoms with Gasteiger partial charge < -0.3 is 9.47 Å². The van der Waals surface area contributed by atoms with Crippen molar-refractivity contribution in [1.29, 1.82) is 0 Å². The highest BCUT2D eigenvalue weighted by Crippen LogP contribution is 2.40. The van der Waals surface area contributed by atoms with E-state index in [2.05, 4.69) is 21.4 Å². The summed E-state index contributed by atoms with van der Waals surface area (Å²) in [4.78, 5) is 25.9. The number of carbonyl (C=O) groups excluding carboxylic acids is 2. The van der Waals surface area contributed by atoms with Crippen LogP contribution in [0.4, 0.5) is 4.39 Å². The molecular weight excluding hydrogens is 638 g/mol. The number of hydrogen-bond acceptors (Lipinski definition) is 6. The summed E-state index contributed by atoms with van der Waals surface area (Å²) in [5, 5.41) is 1.76. The number of hydrazine groups is 1. The molecule has 6 nitrogen and oxygen atoms in total. The number of ether oxygens (including phenoxy) is 2. The van der Waals surface area contributed by atoms with E-state index in [1.807, 2.05) is 6.92 Å². The fraction of sp³-hybridized carbons (Fsp3) is 0.115. The Hall–Kier alpha value is -2.63. The Kier molecular flexibility index (Phi) is 9.32. The fourth-order valence-corrected chi connectivity index (χ4v) is 5.47. The van der Waals surface area contributed by atoms with Crippen molar-refractivity contribution < 1.29 is 23.5 Å². The molecule has 1 N–H and O–H groups in total. The number of thiocarbonyl (C=S) groups is 1. The van der Waals surface area contributed by atoms with Gasteiger partial charge in [-0.25, -0.2) is 4.39 Å². The van der Waals surface area contributed by atoms with Gasteiger partial charge in [-0.3, -0.25) is 15.0 Å². The summed E-state index contributed by atoms with van der Waals surface area (Å²) >= 11 is 21.8. The van der Waals surface area contributed by atoms with Gasteiger partial charge in [0.15, 0.2) is 15.8 Å². The average molecular weight is 656 g/mol. The minimum absolute atomic E-state index is 0.116. The van der Waals surface area contributed by atoms with Crippen LogP contribution in [-0.2, 0) is 11.4 Å². The highest BCUT2D eigenvalue weighted by molar-refractivity contribution is 9.10. The summed E-state index contributed by atoms with van der Waals surface area (Å²) in [6.45, 7) is 2.04. The predicted molar refractivity (Wildman–Crippen MR) is 155 cm³/mol. The molecule has 1 fully saturated rings. The van der Waals surface area contributed by atoms with Gasteiger partial charge in [-0.2, -0.15) is 5.01 Å². The van der Waals surface area contributed by atoms with E-state index in [0.717, 1.165) is 16.8 Å². The molecule has 1 aliphatic rings. The highest BCUT2D eigenvalue weighted by Gasteiger charge is 2.34. The first-order chi connectivity index (χ1) is 18.2. The zero-order chi connectivity index (χ0) is 27.4. The number of benzene rings is 3. The standard InChI is InChI=1S/C26H18BrCl2FN2O4S2/c1-2-35-21-11-14(10-18(27)23(21)36-13-17-19(29)4-3-5-20(17)30)12-22-25(34)32(26(37)38-22)31-24(33)15-6-8-16(28)9-7-15/h3-12H,2,13H2,1H3,(H,31,33)/b22-12+. The molecule has 3 aromatic carbocycles. The minimum Gasteiger partial charge on any atom is -0.490 e. The number of nitrogens with one attached hydrogen (secondary N) is 1. The predicted octanol–water partition coefficient (Wildman–Crippen LogP) is 7.42. The van der Waals surface area contributed by atoms with Crippen molar-refractivity contribution in [2.24, 2.45) is 0 Å². The quantitative estimate of drug-likeness (QED) is 0.201. The van der Waals surface area contributed by atoms with Crippen molar-refractivity contribution >= 4 is 85.3 Å². The van der Waals surface area contributed by atoms with Crippen LogP contribution in [0.3, 0.4) is 0 Å². The molecule has 0 bridgehead atoms. The van der Waals surface area contributed by atoms with Crippen molar-refractivity contribution in [2.75, 3.05) is 6.61 Å². The van der Waals surface area contributed by atoms with Crippen LogP contribution in [-0.4, -0.2) is 27.8 Å². The molecule has 4 rings (SSSR count). The molecular formula is C26H18BrCl2FN2O4S2. The van der Waals surface area contributed by atoms with Gasteiger partial charge in [0.05, 0.1) is 21.0 Å². The van der Waals surface area contributed by atoms with Crippen molar-refractivity contribution in [3.8, 4) is 11.5 Å². The molecule has 2 amide bonds. The van der Waals surface area contributed by atoms with Gasteiger partial charge in [-0.1, -0.05) is 41.0 Å². The van der Waals surface area contributed by atoms with E-state index in [-0.39, 0.29) is 21.5 Å². The molecule has 0 atom stereocenters. The molecule has 12 heteroatoms. The second-order valence-corrected chi connectivity index (χ2v) is 11.1. The first kappa shape index (κ1) is 28.4. The smallest absolute Gasteiger partial charge is 0.285 e. The van der Waals surface area contributed by atoms with Gasteiger partial charge in [-0.05, 0) is 95.2 Å². The summed E-state index contributed by atoms with van der Waals surface area (Å²) in [5.41, 5.74) is 3.68. The lowest BCUT2D eigenvalue weighted by Crippen LogP contribution is -2.44. The Morgan fingerprint density at radius 3 is 2.61 bits per heavy atom. The Labute approximate surface area is 246 Å². The SMILES string of the molecule is CCOc1cc(/C=C2/SC(=S)N(NC(=O)c3ccc(Cl)cc3)C2=O)cc(Br)c1OCc1c(F)cccc1Cl. The van der Waals surface area contributed by atoms with E-state index in [0.29, 0.717) is 43.6 Å². The molecule has 0 radical (unpaired) electrons. The van der Waals surface area contributed by atoms with Gasteiger partial charge in [-0.15, -0.1) is 0 Å². The Morgan fingerprint density at radius 2 is 1.92 bits per heavy atom. The zero-order valence-corrected chi connectivity index (χ0v) is 24.3. The number of halogens is 4. The monoisotopic (exact) mass is 654 g/mol. The Morgan fingerprint density at radius 1 is 1.18 bits per heavy atom. The fourth-order valence-electron chi connectivity index (χ4n) is 3.37. The lowest BCUT2D eigenvalue weighted by molar-refractivity contribution is -0.123. The van der Waals surface area contributed by atoms with E-state index in [4.69, 9.17) is 44.9 Å². The van der Waals surface area contributed by atoms with Crippen LogP contribution in [0.2, 0.25) is 10.0 Å². The molecule has 3 aromatic rings. The van der Waals surface area contributed by atoms with Gasteiger partial charge in [0.2, 0.25) is 0 Å². The van der Waals surface area contributed by atoms with Gasteiger partial charge >= 0.3 is 0 Å². The molecule has 0 aliphatic carbocycles. The second kappa shape index (κ2) is 12.5. The molecule has 0 spiro atoms. The lowest BCUT2D eigenvalue weighted by atomic mass is 10.1. The van der Waals surface area contributed by atoms with Gasteiger partial charge in [0.1, 0.15) is 12.4 Å². The third-order valence-corrected chi connectivity index (χ3v) is 7.66. The molecule has 196 valence electrons. The largest absolute Gasteiger partial charge is 0.490 e. The third kappa shape index (κ3) is 6.50. The molecule has 0 saturated carbocycles. The average Bonchev–Trinajstić information content (AvgIpc) is 3.12. The Balaban J connectivity index is 1.54.